The van der Waals surface area contributed by atoms with Crippen molar-refractivity contribution < 1.29 is 14.3 Å². The number of hydrogen-bond acceptors (Lipinski definition) is 3. The zero-order valence-electron chi connectivity index (χ0n) is 16.5. The third-order valence-corrected chi connectivity index (χ3v) is 4.58. The fourth-order valence-corrected chi connectivity index (χ4v) is 3.02. The first-order chi connectivity index (χ1) is 13.4. The standard InChI is InChI=1S/C22H27ClN2O3/c1-16(2)22(27)25(15-17-9-11-19(23)12-10-17)20(18-7-5-4-6-8-18)21(26)24-13-14-28-3/h4-12,16,20H,13-15H2,1-3H3,(H,24,26). The molecule has 150 valence electrons. The number of nitrogens with zero attached hydrogens (tertiary/aromatic N) is 1. The predicted octanol–water partition coefficient (Wildman–Crippen LogP) is 3.83. The SMILES string of the molecule is COCCNC(=O)C(c1ccccc1)N(Cc1ccc(Cl)cc1)C(=O)C(C)C. The van der Waals surface area contributed by atoms with Gasteiger partial charge in [0.2, 0.25) is 11.8 Å². The maximum atomic E-state index is 13.1. The summed E-state index contributed by atoms with van der Waals surface area (Å²) in [5.74, 6) is -0.567. The van der Waals surface area contributed by atoms with Crippen molar-refractivity contribution in [2.24, 2.45) is 5.92 Å². The molecule has 2 aromatic carbocycles. The molecule has 0 saturated carbocycles. The van der Waals surface area contributed by atoms with Crippen molar-refractivity contribution in [1.82, 2.24) is 10.2 Å². The van der Waals surface area contributed by atoms with Crippen molar-refractivity contribution in [3.8, 4) is 0 Å². The molecule has 0 aliphatic rings. The smallest absolute Gasteiger partial charge is 0.247 e. The number of rotatable bonds is 9. The third-order valence-electron chi connectivity index (χ3n) is 4.32. The summed E-state index contributed by atoms with van der Waals surface area (Å²) in [7, 11) is 1.58. The Morgan fingerprint density at radius 2 is 1.71 bits per heavy atom. The van der Waals surface area contributed by atoms with Crippen LogP contribution in [0.3, 0.4) is 0 Å². The molecule has 1 unspecified atom stereocenters. The van der Waals surface area contributed by atoms with Crippen molar-refractivity contribution >= 4 is 23.4 Å². The predicted molar refractivity (Wildman–Crippen MR) is 111 cm³/mol. The van der Waals surface area contributed by atoms with E-state index in [2.05, 4.69) is 5.32 Å². The number of ether oxygens (including phenoxy) is 1. The summed E-state index contributed by atoms with van der Waals surface area (Å²) in [4.78, 5) is 27.7. The first-order valence-electron chi connectivity index (χ1n) is 9.30. The third kappa shape index (κ3) is 6.08. The van der Waals surface area contributed by atoms with Crippen molar-refractivity contribution in [1.29, 1.82) is 0 Å². The molecule has 2 amide bonds. The van der Waals surface area contributed by atoms with Gasteiger partial charge in [0.1, 0.15) is 6.04 Å². The van der Waals surface area contributed by atoms with Crippen molar-refractivity contribution in [2.75, 3.05) is 20.3 Å². The van der Waals surface area contributed by atoms with E-state index in [0.717, 1.165) is 11.1 Å². The second-order valence-electron chi connectivity index (χ2n) is 6.84. The van der Waals surface area contributed by atoms with Gasteiger partial charge in [0.25, 0.3) is 0 Å². The van der Waals surface area contributed by atoms with E-state index in [-0.39, 0.29) is 17.7 Å². The molecule has 0 saturated heterocycles. The first-order valence-corrected chi connectivity index (χ1v) is 9.68. The van der Waals surface area contributed by atoms with Crippen molar-refractivity contribution in [3.63, 3.8) is 0 Å². The van der Waals surface area contributed by atoms with Crippen LogP contribution in [0.5, 0.6) is 0 Å². The van der Waals surface area contributed by atoms with Crippen molar-refractivity contribution in [2.45, 2.75) is 26.4 Å². The lowest BCUT2D eigenvalue weighted by atomic mass is 10.0. The van der Waals surface area contributed by atoms with Crippen molar-refractivity contribution in [3.05, 3.63) is 70.7 Å². The number of halogens is 1. The maximum absolute atomic E-state index is 13.1. The molecule has 2 rings (SSSR count). The molecule has 2 aromatic rings. The van der Waals surface area contributed by atoms with Gasteiger partial charge in [-0.3, -0.25) is 9.59 Å². The second kappa shape index (κ2) is 10.8. The molecule has 0 aromatic heterocycles. The molecule has 0 bridgehead atoms. The summed E-state index contributed by atoms with van der Waals surface area (Å²) in [6.45, 7) is 4.77. The van der Waals surface area contributed by atoms with Gasteiger partial charge in [-0.2, -0.15) is 0 Å². The van der Waals surface area contributed by atoms with Gasteiger partial charge in [0.05, 0.1) is 6.61 Å². The fraction of sp³-hybridized carbons (Fsp3) is 0.364. The molecule has 1 atom stereocenters. The van der Waals surface area contributed by atoms with Gasteiger partial charge in [0.15, 0.2) is 0 Å². The van der Waals surface area contributed by atoms with Crippen LogP contribution in [-0.2, 0) is 20.9 Å². The van der Waals surface area contributed by atoms with Gasteiger partial charge in [-0.05, 0) is 23.3 Å². The minimum atomic E-state index is -0.733. The maximum Gasteiger partial charge on any atom is 0.247 e. The largest absolute Gasteiger partial charge is 0.383 e. The number of methoxy groups -OCH3 is 1. The van der Waals surface area contributed by atoms with Crippen LogP contribution in [0.4, 0.5) is 0 Å². The molecule has 0 aliphatic heterocycles. The summed E-state index contributed by atoms with van der Waals surface area (Å²) >= 11 is 5.98. The summed E-state index contributed by atoms with van der Waals surface area (Å²) in [5, 5.41) is 3.50. The Kier molecular flexibility index (Phi) is 8.48. The van der Waals surface area contributed by atoms with Crippen LogP contribution >= 0.6 is 11.6 Å². The highest BCUT2D eigenvalue weighted by atomic mass is 35.5. The van der Waals surface area contributed by atoms with E-state index in [9.17, 15) is 9.59 Å². The zero-order valence-corrected chi connectivity index (χ0v) is 17.3. The van der Waals surface area contributed by atoms with Crippen LogP contribution < -0.4 is 5.32 Å². The minimum absolute atomic E-state index is 0.0919. The van der Waals surface area contributed by atoms with Gasteiger partial charge >= 0.3 is 0 Å². The minimum Gasteiger partial charge on any atom is -0.383 e. The number of carbonyl (C=O) groups is 2. The highest BCUT2D eigenvalue weighted by Gasteiger charge is 2.32. The molecule has 0 radical (unpaired) electrons. The number of carbonyl (C=O) groups excluding carboxylic acids is 2. The highest BCUT2D eigenvalue weighted by Crippen LogP contribution is 2.26. The normalized spacial score (nSPS) is 11.9. The average Bonchev–Trinajstić information content (AvgIpc) is 2.69. The van der Waals surface area contributed by atoms with E-state index in [0.29, 0.717) is 24.7 Å². The van der Waals surface area contributed by atoms with Gasteiger partial charge < -0.3 is 15.0 Å². The van der Waals surface area contributed by atoms with Crippen LogP contribution in [0.15, 0.2) is 54.6 Å². The summed E-state index contributed by atoms with van der Waals surface area (Å²) in [5.41, 5.74) is 1.67. The van der Waals surface area contributed by atoms with Gasteiger partial charge in [-0.15, -0.1) is 0 Å². The molecule has 5 nitrogen and oxygen atoms in total. The van der Waals surface area contributed by atoms with E-state index >= 15 is 0 Å². The number of amides is 2. The van der Waals surface area contributed by atoms with Gasteiger partial charge in [-0.1, -0.05) is 67.9 Å². The van der Waals surface area contributed by atoms with Gasteiger partial charge in [-0.25, -0.2) is 0 Å². The van der Waals surface area contributed by atoms with Crippen LogP contribution in [0.1, 0.15) is 31.0 Å². The molecule has 6 heteroatoms. The molecular formula is C22H27ClN2O3. The summed E-state index contributed by atoms with van der Waals surface area (Å²) < 4.78 is 5.02. The Bertz CT molecular complexity index is 763. The molecule has 0 aliphatic carbocycles. The second-order valence-corrected chi connectivity index (χ2v) is 7.28. The molecule has 1 N–H and O–H groups in total. The van der Waals surface area contributed by atoms with E-state index in [1.165, 1.54) is 0 Å². The summed E-state index contributed by atoms with van der Waals surface area (Å²) in [6.07, 6.45) is 0. The molecule has 28 heavy (non-hydrogen) atoms. The average molecular weight is 403 g/mol. The molecule has 0 fully saturated rings. The Hall–Kier alpha value is -2.37. The van der Waals surface area contributed by atoms with Gasteiger partial charge in [0, 0.05) is 31.1 Å². The fourth-order valence-electron chi connectivity index (χ4n) is 2.90. The molecule has 0 spiro atoms. The van der Waals surface area contributed by atoms with Crippen LogP contribution in [-0.4, -0.2) is 37.0 Å². The van der Waals surface area contributed by atoms with E-state index in [1.807, 2.05) is 56.3 Å². The molecular weight excluding hydrogens is 376 g/mol. The monoisotopic (exact) mass is 402 g/mol. The van der Waals surface area contributed by atoms with E-state index in [1.54, 1.807) is 24.1 Å². The Labute approximate surface area is 171 Å². The lowest BCUT2D eigenvalue weighted by molar-refractivity contribution is -0.144. The number of nitrogens with one attached hydrogen (secondary N) is 1. The number of benzene rings is 2. The molecule has 0 heterocycles. The Balaban J connectivity index is 2.39. The Morgan fingerprint density at radius 3 is 2.29 bits per heavy atom. The number of hydrogen-bond donors (Lipinski definition) is 1. The summed E-state index contributed by atoms with van der Waals surface area (Å²) in [6, 6.07) is 15.9. The van der Waals surface area contributed by atoms with Crippen LogP contribution in [0.25, 0.3) is 0 Å². The highest BCUT2D eigenvalue weighted by molar-refractivity contribution is 6.30. The topological polar surface area (TPSA) is 58.6 Å². The Morgan fingerprint density at radius 1 is 1.07 bits per heavy atom. The lowest BCUT2D eigenvalue weighted by Crippen LogP contribution is -2.45. The van der Waals surface area contributed by atoms with E-state index < -0.39 is 6.04 Å². The van der Waals surface area contributed by atoms with Crippen LogP contribution in [0.2, 0.25) is 5.02 Å². The first kappa shape index (κ1) is 21.9. The van der Waals surface area contributed by atoms with Crippen LogP contribution in [0, 0.1) is 5.92 Å². The quantitative estimate of drug-likeness (QED) is 0.648. The van der Waals surface area contributed by atoms with E-state index in [4.69, 9.17) is 16.3 Å². The zero-order chi connectivity index (χ0) is 20.5. The lowest BCUT2D eigenvalue weighted by Gasteiger charge is -2.33.